The first kappa shape index (κ1) is 38.6. The molecule has 0 spiro atoms. The van der Waals surface area contributed by atoms with Crippen LogP contribution in [0, 0.1) is 0 Å². The molecule has 2 saturated heterocycles. The normalized spacial score (nSPS) is 30.1. The third kappa shape index (κ3) is 7.60. The van der Waals surface area contributed by atoms with Crippen LogP contribution in [0.15, 0.2) is 17.4 Å². The van der Waals surface area contributed by atoms with Gasteiger partial charge in [-0.25, -0.2) is 18.8 Å². The minimum Gasteiger partial charge on any atom is -0.856 e. The van der Waals surface area contributed by atoms with Gasteiger partial charge in [0.2, 0.25) is 12.2 Å². The second-order valence-electron chi connectivity index (χ2n) is 11.2. The van der Waals surface area contributed by atoms with E-state index in [4.69, 9.17) is 20.9 Å². The van der Waals surface area contributed by atoms with Crippen LogP contribution in [0.2, 0.25) is 0 Å². The fraction of sp³-hybridized carbons (Fsp3) is 0.524. The van der Waals surface area contributed by atoms with Gasteiger partial charge in [-0.2, -0.15) is 4.98 Å². The number of nitrogens with two attached hydrogens (primary N) is 2. The van der Waals surface area contributed by atoms with Crippen LogP contribution in [0.5, 0.6) is 5.88 Å². The summed E-state index contributed by atoms with van der Waals surface area (Å²) in [5.41, 5.74) is 9.84. The van der Waals surface area contributed by atoms with Crippen molar-refractivity contribution in [3.8, 4) is 5.88 Å². The lowest BCUT2D eigenvalue weighted by Gasteiger charge is -2.35. The molecule has 6 rings (SSSR count). The predicted molar refractivity (Wildman–Crippen MR) is 160 cm³/mol. The highest BCUT2D eigenvalue weighted by Crippen LogP contribution is 2.67. The molecule has 286 valence electrons. The topological polar surface area (TPSA) is 421 Å². The molecular formula is C21H26N10O17P3S-3. The van der Waals surface area contributed by atoms with E-state index in [1.54, 1.807) is 0 Å². The number of fused-ring (bicyclic) bond motifs is 2. The number of aromatic amines is 1. The zero-order valence-corrected chi connectivity index (χ0v) is 29.3. The molecule has 0 saturated carbocycles. The van der Waals surface area contributed by atoms with Crippen LogP contribution in [0.1, 0.15) is 12.5 Å². The van der Waals surface area contributed by atoms with Crippen LogP contribution in [0.3, 0.4) is 0 Å². The van der Waals surface area contributed by atoms with Crippen molar-refractivity contribution in [1.82, 2.24) is 34.1 Å². The number of rotatable bonds is 12. The number of aryl methyl sites for hydroxylation is 1. The number of imidazole rings is 2. The Bertz CT molecular complexity index is 2220. The number of phosphoric acid groups is 2. The number of hydrogen-bond donors (Lipinski definition) is 7. The van der Waals surface area contributed by atoms with Crippen molar-refractivity contribution in [2.45, 2.75) is 49.1 Å². The lowest BCUT2D eigenvalue weighted by atomic mass is 10.1. The first-order chi connectivity index (χ1) is 24.2. The number of nitrogen functional groups attached to an aromatic ring is 2. The summed E-state index contributed by atoms with van der Waals surface area (Å²) >= 11 is -0.261. The first-order valence-corrected chi connectivity index (χ1v) is 20.3. The SMILES string of the molecule is Cn1c[n+]([C@@H]2O[C@H](COP(=O)([O-])OP(=O)([O-])OP(=O)([O-])SC[C@H]3O[C@@H](n4cnc5c(=O)[nH]c(N)nc54)C(O)[C@H]3O)C(O)[C@@H]2O)c2nc(N)nc([O-])c21. The van der Waals surface area contributed by atoms with Crippen molar-refractivity contribution in [2.75, 3.05) is 23.8 Å². The van der Waals surface area contributed by atoms with E-state index in [2.05, 4.69) is 38.1 Å². The summed E-state index contributed by atoms with van der Waals surface area (Å²) in [5, 5.41) is 54.3. The second-order valence-corrected chi connectivity index (χ2v) is 18.1. The van der Waals surface area contributed by atoms with E-state index in [0.29, 0.717) is 0 Å². The van der Waals surface area contributed by atoms with E-state index >= 15 is 0 Å². The summed E-state index contributed by atoms with van der Waals surface area (Å²) in [6.07, 6.45) is -11.0. The quantitative estimate of drug-likeness (QED) is 0.0517. The van der Waals surface area contributed by atoms with Crippen LogP contribution in [-0.4, -0.2) is 103 Å². The largest absolute Gasteiger partial charge is 0.856 e. The minimum absolute atomic E-state index is 0.0593. The van der Waals surface area contributed by atoms with Crippen molar-refractivity contribution in [1.29, 1.82) is 0 Å². The standard InChI is InChI=1S/C21H29N10O17P3S/c1-29-5-31(15-9(29)17(37)28-21(23)26-15)19-12(34)10(32)6(45-19)2-44-49(38,39)47-50(40,41)48-51(42,43)52-3-7-11(33)13(35)18(46-7)30-4-24-8-14(30)25-20(22)27-16(8)36/h4-7,10-13,18-19,32-35H,2-3H2,1H3,(H8-,22,23,25,26,27,28,36,37,38,39,40,41,42,43)/p-3/t6-,7-,10?,11+,12+,13?,18-,19-/m1/s1. The monoisotopic (exact) mass is 815 g/mol. The molecule has 2 aliphatic rings. The average molecular weight is 815 g/mol. The molecule has 52 heavy (non-hydrogen) atoms. The minimum atomic E-state index is -6.28. The number of hydrogen-bond acceptors (Lipinski definition) is 24. The molecule has 5 unspecified atom stereocenters. The zero-order chi connectivity index (χ0) is 38.1. The van der Waals surface area contributed by atoms with E-state index in [0.717, 1.165) is 15.5 Å². The number of aromatic nitrogens is 8. The molecule has 2 fully saturated rings. The molecule has 4 aromatic rings. The molecule has 6 heterocycles. The number of nitrogens with one attached hydrogen (secondary N) is 1. The van der Waals surface area contributed by atoms with Gasteiger partial charge >= 0.3 is 5.65 Å². The number of aliphatic hydroxyl groups is 4. The fourth-order valence-electron chi connectivity index (χ4n) is 5.37. The highest BCUT2D eigenvalue weighted by Gasteiger charge is 2.48. The van der Waals surface area contributed by atoms with E-state index < -0.39 is 101 Å². The van der Waals surface area contributed by atoms with E-state index in [9.17, 15) is 58.7 Å². The van der Waals surface area contributed by atoms with Crippen LogP contribution in [-0.2, 0) is 43.4 Å². The van der Waals surface area contributed by atoms with Crippen LogP contribution >= 0.6 is 33.8 Å². The number of aliphatic hydroxyl groups excluding tert-OH is 4. The van der Waals surface area contributed by atoms with Crippen molar-refractivity contribution in [2.24, 2.45) is 7.05 Å². The fourth-order valence-corrected chi connectivity index (χ4v) is 11.2. The number of anilines is 2. The van der Waals surface area contributed by atoms with Gasteiger partial charge in [0.15, 0.2) is 36.0 Å². The zero-order valence-electron chi connectivity index (χ0n) is 25.8. The Labute approximate surface area is 291 Å². The Morgan fingerprint density at radius 2 is 1.69 bits per heavy atom. The Kier molecular flexibility index (Phi) is 10.3. The van der Waals surface area contributed by atoms with Gasteiger partial charge in [0.05, 0.1) is 26.1 Å². The van der Waals surface area contributed by atoms with Crippen molar-refractivity contribution in [3.05, 3.63) is 23.0 Å². The maximum Gasteiger partial charge on any atom is 0.309 e. The van der Waals surface area contributed by atoms with Gasteiger partial charge in [0.25, 0.3) is 27.2 Å². The predicted octanol–water partition coefficient (Wildman–Crippen LogP) is -5.95. The molecule has 0 amide bonds. The molecule has 0 bridgehead atoms. The van der Waals surface area contributed by atoms with Crippen LogP contribution in [0.25, 0.3) is 22.3 Å². The lowest BCUT2D eigenvalue weighted by molar-refractivity contribution is -0.745. The third-order valence-electron chi connectivity index (χ3n) is 7.61. The molecule has 31 heteroatoms. The van der Waals surface area contributed by atoms with Crippen molar-refractivity contribution >= 4 is 68.0 Å². The molecule has 9 N–H and O–H groups in total. The lowest BCUT2D eigenvalue weighted by Crippen LogP contribution is -2.46. The summed E-state index contributed by atoms with van der Waals surface area (Å²) < 4.78 is 63.8. The molecule has 11 atom stereocenters. The van der Waals surface area contributed by atoms with E-state index in [1.807, 2.05) is 0 Å². The van der Waals surface area contributed by atoms with Gasteiger partial charge in [-0.3, -0.25) is 36.9 Å². The molecule has 0 aromatic carbocycles. The molecule has 4 aromatic heterocycles. The summed E-state index contributed by atoms with van der Waals surface area (Å²) in [4.78, 5) is 66.5. The maximum atomic E-state index is 12.5. The van der Waals surface area contributed by atoms with Gasteiger partial charge in [-0.15, -0.1) is 0 Å². The molecule has 0 radical (unpaired) electrons. The Morgan fingerprint density at radius 3 is 2.40 bits per heavy atom. The number of phosphoric ester groups is 1. The highest BCUT2D eigenvalue weighted by atomic mass is 32.7. The van der Waals surface area contributed by atoms with Gasteiger partial charge in [0.1, 0.15) is 30.5 Å². The molecule has 0 aliphatic carbocycles. The van der Waals surface area contributed by atoms with Crippen molar-refractivity contribution < 1.29 is 81.1 Å². The smallest absolute Gasteiger partial charge is 0.309 e. The van der Waals surface area contributed by atoms with Crippen molar-refractivity contribution in [3.63, 3.8) is 0 Å². The van der Waals surface area contributed by atoms with Gasteiger partial charge in [-0.05, 0) is 0 Å². The van der Waals surface area contributed by atoms with Gasteiger partial charge < -0.3 is 65.7 Å². The van der Waals surface area contributed by atoms with Crippen LogP contribution in [0.4, 0.5) is 11.9 Å². The summed E-state index contributed by atoms with van der Waals surface area (Å²) in [6.45, 7) is -6.78. The molecule has 27 nitrogen and oxygen atoms in total. The number of ether oxygens (including phenoxy) is 2. The molecular weight excluding hydrogens is 789 g/mol. The highest BCUT2D eigenvalue weighted by molar-refractivity contribution is 8.54. The Morgan fingerprint density at radius 1 is 1.00 bits per heavy atom. The Balaban J connectivity index is 1.04. The summed E-state index contributed by atoms with van der Waals surface area (Å²) in [6, 6.07) is 0. The summed E-state index contributed by atoms with van der Waals surface area (Å²) in [5.74, 6) is -2.28. The van der Waals surface area contributed by atoms with Gasteiger partial charge in [-0.1, -0.05) is 16.4 Å². The summed E-state index contributed by atoms with van der Waals surface area (Å²) in [7, 11) is -10.8. The average Bonchev–Trinajstić information content (AvgIpc) is 3.74. The molecule has 2 aliphatic heterocycles. The first-order valence-electron chi connectivity index (χ1n) is 14.3. The maximum absolute atomic E-state index is 12.5. The van der Waals surface area contributed by atoms with Crippen LogP contribution < -0.4 is 41.4 Å². The van der Waals surface area contributed by atoms with E-state index in [1.165, 1.54) is 17.9 Å². The third-order valence-corrected chi connectivity index (χ3v) is 14.1. The Hall–Kier alpha value is -3.14. The second kappa shape index (κ2) is 13.9. The number of H-pyrrole nitrogens is 1. The number of nitrogens with zero attached hydrogens (tertiary/aromatic N) is 7. The van der Waals surface area contributed by atoms with Gasteiger partial charge in [0, 0.05) is 11.6 Å². The van der Waals surface area contributed by atoms with E-state index in [-0.39, 0.29) is 39.7 Å².